The SMILES string of the molecule is COc1ccc(CNC(=O)Cn2c(=O)nc3n2C(=O)N(c2ccc(Cl)cc2)C3)cc1. The summed E-state index contributed by atoms with van der Waals surface area (Å²) in [6.07, 6.45) is 0. The highest BCUT2D eigenvalue weighted by atomic mass is 35.5. The van der Waals surface area contributed by atoms with Gasteiger partial charge in [-0.05, 0) is 42.0 Å². The second-order valence-electron chi connectivity index (χ2n) is 6.65. The number of rotatable bonds is 6. The maximum absolute atomic E-state index is 12.9. The van der Waals surface area contributed by atoms with Crippen molar-refractivity contribution < 1.29 is 14.3 Å². The van der Waals surface area contributed by atoms with Crippen LogP contribution >= 0.6 is 11.6 Å². The van der Waals surface area contributed by atoms with Crippen molar-refractivity contribution in [3.05, 3.63) is 75.4 Å². The molecule has 2 heterocycles. The van der Waals surface area contributed by atoms with E-state index in [1.807, 2.05) is 12.1 Å². The summed E-state index contributed by atoms with van der Waals surface area (Å²) in [4.78, 5) is 42.8. The van der Waals surface area contributed by atoms with E-state index < -0.39 is 17.6 Å². The van der Waals surface area contributed by atoms with E-state index in [0.29, 0.717) is 10.7 Å². The van der Waals surface area contributed by atoms with Gasteiger partial charge in [-0.1, -0.05) is 23.7 Å². The third-order valence-electron chi connectivity index (χ3n) is 4.72. The molecule has 0 saturated carbocycles. The molecule has 2 amide bonds. The van der Waals surface area contributed by atoms with Gasteiger partial charge in [0.15, 0.2) is 5.82 Å². The van der Waals surface area contributed by atoms with Crippen LogP contribution in [0.15, 0.2) is 53.3 Å². The van der Waals surface area contributed by atoms with E-state index in [0.717, 1.165) is 20.7 Å². The van der Waals surface area contributed by atoms with E-state index in [4.69, 9.17) is 16.3 Å². The molecule has 9 nitrogen and oxygen atoms in total. The third-order valence-corrected chi connectivity index (χ3v) is 4.98. The molecule has 4 rings (SSSR count). The van der Waals surface area contributed by atoms with Crippen molar-refractivity contribution in [3.63, 3.8) is 0 Å². The predicted octanol–water partition coefficient (Wildman–Crippen LogP) is 2.01. The minimum atomic E-state index is -0.645. The average Bonchev–Trinajstić information content (AvgIpc) is 3.23. The van der Waals surface area contributed by atoms with Crippen LogP contribution in [0.3, 0.4) is 0 Å². The maximum Gasteiger partial charge on any atom is 0.365 e. The van der Waals surface area contributed by atoms with Crippen LogP contribution in [-0.4, -0.2) is 33.4 Å². The Morgan fingerprint density at radius 2 is 1.83 bits per heavy atom. The van der Waals surface area contributed by atoms with E-state index in [-0.39, 0.29) is 25.5 Å². The molecule has 0 atom stereocenters. The molecule has 10 heteroatoms. The van der Waals surface area contributed by atoms with E-state index in [1.165, 1.54) is 4.90 Å². The van der Waals surface area contributed by atoms with Crippen molar-refractivity contribution in [1.82, 2.24) is 19.7 Å². The van der Waals surface area contributed by atoms with Gasteiger partial charge >= 0.3 is 11.7 Å². The lowest BCUT2D eigenvalue weighted by molar-refractivity contribution is -0.122. The first-order chi connectivity index (χ1) is 14.5. The van der Waals surface area contributed by atoms with E-state index >= 15 is 0 Å². The zero-order chi connectivity index (χ0) is 21.3. The number of aromatic nitrogens is 3. The molecular formula is C20H18ClN5O4. The van der Waals surface area contributed by atoms with Crippen molar-refractivity contribution in [1.29, 1.82) is 0 Å². The number of methoxy groups -OCH3 is 1. The van der Waals surface area contributed by atoms with Crippen molar-refractivity contribution in [3.8, 4) is 5.75 Å². The topological polar surface area (TPSA) is 98.5 Å². The van der Waals surface area contributed by atoms with Crippen molar-refractivity contribution >= 4 is 29.2 Å². The van der Waals surface area contributed by atoms with Gasteiger partial charge in [0.25, 0.3) is 0 Å². The summed E-state index contributed by atoms with van der Waals surface area (Å²) < 4.78 is 7.28. The molecule has 1 aliphatic rings. The maximum atomic E-state index is 12.9. The van der Waals surface area contributed by atoms with Gasteiger partial charge in [-0.25, -0.2) is 14.3 Å². The fourth-order valence-corrected chi connectivity index (χ4v) is 3.30. The van der Waals surface area contributed by atoms with Gasteiger partial charge in [-0.3, -0.25) is 9.69 Å². The summed E-state index contributed by atoms with van der Waals surface area (Å²) in [6, 6.07) is 13.5. The number of carbonyl (C=O) groups is 2. The summed E-state index contributed by atoms with van der Waals surface area (Å²) in [5.41, 5.74) is 0.853. The van der Waals surface area contributed by atoms with E-state index in [2.05, 4.69) is 10.3 Å². The fourth-order valence-electron chi connectivity index (χ4n) is 3.18. The van der Waals surface area contributed by atoms with Gasteiger partial charge in [-0.2, -0.15) is 9.67 Å². The summed E-state index contributed by atoms with van der Waals surface area (Å²) in [5, 5.41) is 3.29. The smallest absolute Gasteiger partial charge is 0.365 e. The molecule has 154 valence electrons. The molecule has 30 heavy (non-hydrogen) atoms. The number of nitrogens with one attached hydrogen (secondary N) is 1. The number of ether oxygens (including phenoxy) is 1. The standard InChI is InChI=1S/C20H18ClN5O4/c1-30-16-8-2-13(3-9-16)10-22-18(27)12-25-19(28)23-17-11-24(20(29)26(17)25)15-6-4-14(21)5-7-15/h2-9H,10-12H2,1H3,(H,22,27). The van der Waals surface area contributed by atoms with Crippen LogP contribution in [-0.2, 0) is 24.4 Å². The molecule has 3 aromatic rings. The number of benzene rings is 2. The second-order valence-corrected chi connectivity index (χ2v) is 7.09. The number of fused-ring (bicyclic) bond motifs is 1. The third kappa shape index (κ3) is 3.79. The van der Waals surface area contributed by atoms with Gasteiger partial charge in [0.1, 0.15) is 12.3 Å². The molecule has 0 fully saturated rings. The summed E-state index contributed by atoms with van der Waals surface area (Å²) in [7, 11) is 1.58. The first-order valence-corrected chi connectivity index (χ1v) is 9.50. The molecule has 1 aromatic heterocycles. The number of hydrogen-bond acceptors (Lipinski definition) is 5. The summed E-state index contributed by atoms with van der Waals surface area (Å²) in [6.45, 7) is 0.0990. The molecule has 1 N–H and O–H groups in total. The molecule has 0 radical (unpaired) electrons. The van der Waals surface area contributed by atoms with E-state index in [1.54, 1.807) is 43.5 Å². The highest BCUT2D eigenvalue weighted by Gasteiger charge is 2.33. The van der Waals surface area contributed by atoms with Crippen molar-refractivity contribution in [2.45, 2.75) is 19.6 Å². The Bertz CT molecular complexity index is 1150. The van der Waals surface area contributed by atoms with Crippen LogP contribution in [0.1, 0.15) is 11.4 Å². The fraction of sp³-hybridized carbons (Fsp3) is 0.200. The van der Waals surface area contributed by atoms with Crippen molar-refractivity contribution in [2.75, 3.05) is 12.0 Å². The van der Waals surface area contributed by atoms with Crippen LogP contribution < -0.4 is 20.6 Å². The Hall–Kier alpha value is -3.59. The zero-order valence-corrected chi connectivity index (χ0v) is 16.8. The monoisotopic (exact) mass is 427 g/mol. The minimum absolute atomic E-state index is 0.135. The lowest BCUT2D eigenvalue weighted by atomic mass is 10.2. The molecule has 0 spiro atoms. The van der Waals surface area contributed by atoms with Crippen LogP contribution in [0.25, 0.3) is 0 Å². The molecular weight excluding hydrogens is 410 g/mol. The second kappa shape index (κ2) is 8.03. The van der Waals surface area contributed by atoms with Crippen LogP contribution in [0, 0.1) is 0 Å². The molecule has 0 aliphatic carbocycles. The first-order valence-electron chi connectivity index (χ1n) is 9.12. The quantitative estimate of drug-likeness (QED) is 0.648. The number of nitrogens with zero attached hydrogens (tertiary/aromatic N) is 4. The largest absolute Gasteiger partial charge is 0.497 e. The molecule has 0 bridgehead atoms. The van der Waals surface area contributed by atoms with Gasteiger partial charge in [0.05, 0.1) is 13.7 Å². The Kier molecular flexibility index (Phi) is 5.28. The Balaban J connectivity index is 1.46. The summed E-state index contributed by atoms with van der Waals surface area (Å²) >= 11 is 5.90. The van der Waals surface area contributed by atoms with E-state index in [9.17, 15) is 14.4 Å². The predicted molar refractivity (Wildman–Crippen MR) is 110 cm³/mol. The highest BCUT2D eigenvalue weighted by molar-refractivity contribution is 6.30. The Morgan fingerprint density at radius 1 is 1.13 bits per heavy atom. The normalized spacial score (nSPS) is 12.7. The van der Waals surface area contributed by atoms with Gasteiger partial charge < -0.3 is 10.1 Å². The van der Waals surface area contributed by atoms with Crippen LogP contribution in [0.5, 0.6) is 5.75 Å². The number of carbonyl (C=O) groups excluding carboxylic acids is 2. The lowest BCUT2D eigenvalue weighted by Crippen LogP contribution is -2.38. The molecule has 0 unspecified atom stereocenters. The molecule has 1 aliphatic heterocycles. The number of anilines is 1. The first kappa shape index (κ1) is 19.7. The lowest BCUT2D eigenvalue weighted by Gasteiger charge is -2.15. The number of halogens is 1. The number of hydrogen-bond donors (Lipinski definition) is 1. The Labute approximate surface area is 176 Å². The highest BCUT2D eigenvalue weighted by Crippen LogP contribution is 2.24. The number of amides is 2. The average molecular weight is 428 g/mol. The minimum Gasteiger partial charge on any atom is -0.497 e. The van der Waals surface area contributed by atoms with Crippen molar-refractivity contribution in [2.24, 2.45) is 0 Å². The summed E-state index contributed by atoms with van der Waals surface area (Å²) in [5.74, 6) is 0.589. The van der Waals surface area contributed by atoms with Crippen LogP contribution in [0.4, 0.5) is 10.5 Å². The zero-order valence-electron chi connectivity index (χ0n) is 16.0. The van der Waals surface area contributed by atoms with Crippen LogP contribution in [0.2, 0.25) is 5.02 Å². The molecule has 2 aromatic carbocycles. The van der Waals surface area contributed by atoms with Gasteiger partial charge in [0, 0.05) is 17.3 Å². The molecule has 0 saturated heterocycles. The Morgan fingerprint density at radius 3 is 2.50 bits per heavy atom. The van der Waals surface area contributed by atoms with Gasteiger partial charge in [-0.15, -0.1) is 0 Å². The van der Waals surface area contributed by atoms with Gasteiger partial charge in [0.2, 0.25) is 5.91 Å².